The summed E-state index contributed by atoms with van der Waals surface area (Å²) in [5, 5.41) is 3.03. The molecule has 1 aliphatic heterocycles. The second-order valence-electron chi connectivity index (χ2n) is 5.30. The van der Waals surface area contributed by atoms with Crippen molar-refractivity contribution in [2.45, 2.75) is 19.5 Å². The molecule has 0 N–H and O–H groups in total. The second-order valence-corrected chi connectivity index (χ2v) is 6.16. The Kier molecular flexibility index (Phi) is 4.05. The van der Waals surface area contributed by atoms with Gasteiger partial charge in [-0.1, -0.05) is 0 Å². The molecule has 2 aromatic heterocycles. The lowest BCUT2D eigenvalue weighted by Gasteiger charge is -2.37. The average molecular weight is 289 g/mol. The summed E-state index contributed by atoms with van der Waals surface area (Å²) in [7, 11) is 2.18. The predicted octanol–water partition coefficient (Wildman–Crippen LogP) is 1.74. The highest BCUT2D eigenvalue weighted by molar-refractivity contribution is 7.13. The van der Waals surface area contributed by atoms with Gasteiger partial charge in [0.2, 0.25) is 0 Å². The SMILES string of the molecule is CC1CN(C)CCN1Cc1csc(-c2ncccn2)n1. The van der Waals surface area contributed by atoms with Crippen molar-refractivity contribution in [2.24, 2.45) is 0 Å². The van der Waals surface area contributed by atoms with Gasteiger partial charge in [0.05, 0.1) is 5.69 Å². The minimum Gasteiger partial charge on any atom is -0.304 e. The molecule has 0 radical (unpaired) electrons. The lowest BCUT2D eigenvalue weighted by Crippen LogP contribution is -2.49. The van der Waals surface area contributed by atoms with E-state index in [1.165, 1.54) is 0 Å². The van der Waals surface area contributed by atoms with Crippen LogP contribution in [0.1, 0.15) is 12.6 Å². The summed E-state index contributed by atoms with van der Waals surface area (Å²) in [4.78, 5) is 18.0. The Morgan fingerprint density at radius 3 is 2.85 bits per heavy atom. The second kappa shape index (κ2) is 5.95. The number of nitrogens with zero attached hydrogens (tertiary/aromatic N) is 5. The molecule has 1 fully saturated rings. The molecule has 0 bridgehead atoms. The van der Waals surface area contributed by atoms with Gasteiger partial charge in [-0.05, 0) is 20.0 Å². The van der Waals surface area contributed by atoms with Crippen LogP contribution >= 0.6 is 11.3 Å². The van der Waals surface area contributed by atoms with Crippen LogP contribution in [0.15, 0.2) is 23.8 Å². The molecule has 106 valence electrons. The first-order valence-electron chi connectivity index (χ1n) is 6.87. The van der Waals surface area contributed by atoms with E-state index in [0.29, 0.717) is 6.04 Å². The van der Waals surface area contributed by atoms with Gasteiger partial charge in [0.25, 0.3) is 0 Å². The normalized spacial score (nSPS) is 21.2. The molecule has 1 atom stereocenters. The van der Waals surface area contributed by atoms with Crippen LogP contribution < -0.4 is 0 Å². The van der Waals surface area contributed by atoms with E-state index in [1.54, 1.807) is 23.7 Å². The zero-order chi connectivity index (χ0) is 13.9. The monoisotopic (exact) mass is 289 g/mol. The maximum atomic E-state index is 4.67. The highest BCUT2D eigenvalue weighted by Crippen LogP contribution is 2.21. The first-order valence-corrected chi connectivity index (χ1v) is 7.75. The smallest absolute Gasteiger partial charge is 0.188 e. The molecule has 0 spiro atoms. The van der Waals surface area contributed by atoms with E-state index >= 15 is 0 Å². The Morgan fingerprint density at radius 2 is 2.10 bits per heavy atom. The van der Waals surface area contributed by atoms with Crippen LogP contribution in [0.3, 0.4) is 0 Å². The maximum Gasteiger partial charge on any atom is 0.188 e. The van der Waals surface area contributed by atoms with Gasteiger partial charge in [-0.15, -0.1) is 11.3 Å². The summed E-state index contributed by atoms with van der Waals surface area (Å²) in [6.07, 6.45) is 3.51. The van der Waals surface area contributed by atoms with Crippen LogP contribution in [-0.4, -0.2) is 57.5 Å². The number of hydrogen-bond donors (Lipinski definition) is 0. The van der Waals surface area contributed by atoms with Crippen molar-refractivity contribution in [1.82, 2.24) is 24.8 Å². The maximum absolute atomic E-state index is 4.67. The van der Waals surface area contributed by atoms with E-state index in [2.05, 4.69) is 44.1 Å². The van der Waals surface area contributed by atoms with Crippen molar-refractivity contribution < 1.29 is 0 Å². The van der Waals surface area contributed by atoms with Crippen molar-refractivity contribution in [3.8, 4) is 10.8 Å². The Labute approximate surface area is 123 Å². The van der Waals surface area contributed by atoms with Gasteiger partial charge in [0, 0.05) is 50.0 Å². The van der Waals surface area contributed by atoms with Gasteiger partial charge >= 0.3 is 0 Å². The van der Waals surface area contributed by atoms with Gasteiger partial charge in [-0.3, -0.25) is 4.90 Å². The quantitative estimate of drug-likeness (QED) is 0.861. The zero-order valence-electron chi connectivity index (χ0n) is 11.9. The van der Waals surface area contributed by atoms with Crippen LogP contribution in [0.5, 0.6) is 0 Å². The van der Waals surface area contributed by atoms with Crippen LogP contribution in [0.25, 0.3) is 10.8 Å². The zero-order valence-corrected chi connectivity index (χ0v) is 12.7. The number of hydrogen-bond acceptors (Lipinski definition) is 6. The summed E-state index contributed by atoms with van der Waals surface area (Å²) >= 11 is 1.62. The highest BCUT2D eigenvalue weighted by atomic mass is 32.1. The average Bonchev–Trinajstić information content (AvgIpc) is 2.92. The Balaban J connectivity index is 1.69. The van der Waals surface area contributed by atoms with Crippen molar-refractivity contribution in [1.29, 1.82) is 0 Å². The van der Waals surface area contributed by atoms with E-state index in [-0.39, 0.29) is 0 Å². The lowest BCUT2D eigenvalue weighted by atomic mass is 10.2. The molecule has 6 heteroatoms. The number of piperazine rings is 1. The molecule has 0 saturated carbocycles. The Hall–Kier alpha value is -1.37. The molecule has 3 rings (SSSR count). The van der Waals surface area contributed by atoms with Crippen molar-refractivity contribution >= 4 is 11.3 Å². The summed E-state index contributed by atoms with van der Waals surface area (Å²) < 4.78 is 0. The van der Waals surface area contributed by atoms with E-state index in [9.17, 15) is 0 Å². The van der Waals surface area contributed by atoms with Crippen LogP contribution in [0.4, 0.5) is 0 Å². The molecular formula is C14H19N5S. The van der Waals surface area contributed by atoms with Crippen molar-refractivity contribution in [3.63, 3.8) is 0 Å². The topological polar surface area (TPSA) is 45.2 Å². The van der Waals surface area contributed by atoms with Crippen molar-refractivity contribution in [3.05, 3.63) is 29.5 Å². The van der Waals surface area contributed by atoms with E-state index in [1.807, 2.05) is 6.07 Å². The van der Waals surface area contributed by atoms with Crippen LogP contribution in [0.2, 0.25) is 0 Å². The molecule has 1 aliphatic rings. The van der Waals surface area contributed by atoms with Gasteiger partial charge in [0.15, 0.2) is 10.8 Å². The van der Waals surface area contributed by atoms with Gasteiger partial charge < -0.3 is 4.90 Å². The fourth-order valence-corrected chi connectivity index (χ4v) is 3.27. The third kappa shape index (κ3) is 3.03. The van der Waals surface area contributed by atoms with Crippen LogP contribution in [0, 0.1) is 0 Å². The molecule has 0 aliphatic carbocycles. The lowest BCUT2D eigenvalue weighted by molar-refractivity contribution is 0.0929. The minimum absolute atomic E-state index is 0.576. The molecule has 5 nitrogen and oxygen atoms in total. The minimum atomic E-state index is 0.576. The van der Waals surface area contributed by atoms with E-state index in [0.717, 1.165) is 42.7 Å². The predicted molar refractivity (Wildman–Crippen MR) is 80.5 cm³/mol. The van der Waals surface area contributed by atoms with E-state index in [4.69, 9.17) is 0 Å². The third-order valence-electron chi connectivity index (χ3n) is 3.64. The number of likely N-dealkylation sites (N-methyl/N-ethyl adjacent to an activating group) is 1. The molecule has 2 aromatic rings. The number of aromatic nitrogens is 3. The van der Waals surface area contributed by atoms with Gasteiger partial charge in [-0.25, -0.2) is 15.0 Å². The summed E-state index contributed by atoms with van der Waals surface area (Å²) in [5.41, 5.74) is 1.12. The highest BCUT2D eigenvalue weighted by Gasteiger charge is 2.22. The van der Waals surface area contributed by atoms with E-state index < -0.39 is 0 Å². The Bertz CT molecular complexity index is 556. The number of thiazole rings is 1. The number of rotatable bonds is 3. The largest absolute Gasteiger partial charge is 0.304 e. The standard InChI is InChI=1S/C14H19N5S/c1-11-8-18(2)6-7-19(11)9-12-10-20-14(17-12)13-15-4-3-5-16-13/h3-5,10-11H,6-9H2,1-2H3. The van der Waals surface area contributed by atoms with Crippen LogP contribution in [-0.2, 0) is 6.54 Å². The molecule has 1 unspecified atom stereocenters. The summed E-state index contributed by atoms with van der Waals surface area (Å²) in [6, 6.07) is 2.40. The molecule has 0 aromatic carbocycles. The van der Waals surface area contributed by atoms with Crippen molar-refractivity contribution in [2.75, 3.05) is 26.7 Å². The fourth-order valence-electron chi connectivity index (χ4n) is 2.51. The third-order valence-corrected chi connectivity index (χ3v) is 4.53. The Morgan fingerprint density at radius 1 is 1.30 bits per heavy atom. The summed E-state index contributed by atoms with van der Waals surface area (Å²) in [5.74, 6) is 0.718. The molecule has 20 heavy (non-hydrogen) atoms. The molecule has 3 heterocycles. The first-order chi connectivity index (χ1) is 9.72. The fraction of sp³-hybridized carbons (Fsp3) is 0.500. The van der Waals surface area contributed by atoms with Gasteiger partial charge in [-0.2, -0.15) is 0 Å². The summed E-state index contributed by atoms with van der Waals surface area (Å²) in [6.45, 7) is 6.55. The molecular weight excluding hydrogens is 270 g/mol. The van der Waals surface area contributed by atoms with Gasteiger partial charge in [0.1, 0.15) is 0 Å². The molecule has 0 amide bonds. The first kappa shape index (κ1) is 13.6. The molecule has 1 saturated heterocycles.